The normalized spacial score (nSPS) is 11.2. The van der Waals surface area contributed by atoms with E-state index in [1.54, 1.807) is 20.0 Å². The molecular weight excluding hydrogens is 354 g/mol. The van der Waals surface area contributed by atoms with Crippen LogP contribution in [-0.4, -0.2) is 13.5 Å². The summed E-state index contributed by atoms with van der Waals surface area (Å²) in [5.74, 6) is 0. The fraction of sp³-hybridized carbons (Fsp3) is 0.214. The first-order chi connectivity index (χ1) is 10.0. The molecule has 0 amide bonds. The molecule has 0 spiro atoms. The summed E-state index contributed by atoms with van der Waals surface area (Å²) in [6, 6.07) is 6.97. The number of fused-ring (bicyclic) bond motifs is 1. The first kappa shape index (κ1) is 14.2. The van der Waals surface area contributed by atoms with Gasteiger partial charge >= 0.3 is 5.69 Å². The van der Waals surface area contributed by atoms with Crippen molar-refractivity contribution >= 4 is 37.5 Å². The van der Waals surface area contributed by atoms with Crippen molar-refractivity contribution in [1.29, 1.82) is 0 Å². The topological polar surface area (TPSA) is 56.9 Å². The van der Waals surface area contributed by atoms with E-state index in [0.717, 1.165) is 15.8 Å². The van der Waals surface area contributed by atoms with Crippen LogP contribution in [0.3, 0.4) is 0 Å². The maximum absolute atomic E-state index is 12.3. The Hall–Kier alpha value is -1.73. The second kappa shape index (κ2) is 5.23. The lowest BCUT2D eigenvalue weighted by molar-refractivity contribution is 0.714. The van der Waals surface area contributed by atoms with Gasteiger partial charge in [-0.05, 0) is 36.7 Å². The second-order valence-electron chi connectivity index (χ2n) is 4.74. The van der Waals surface area contributed by atoms with Crippen molar-refractivity contribution in [3.8, 4) is 5.69 Å². The number of alkyl halides is 1. The molecule has 2 aromatic heterocycles. The third-order valence-electron chi connectivity index (χ3n) is 3.47. The molecule has 5 nitrogen and oxygen atoms in total. The highest BCUT2D eigenvalue weighted by molar-refractivity contribution is 9.08. The number of hydrogen-bond donors (Lipinski definition) is 0. The van der Waals surface area contributed by atoms with Gasteiger partial charge in [0.1, 0.15) is 0 Å². The Bertz CT molecular complexity index is 955. The summed E-state index contributed by atoms with van der Waals surface area (Å²) in [5, 5.41) is 1.60. The van der Waals surface area contributed by atoms with Crippen LogP contribution in [0.2, 0.25) is 0 Å². The van der Waals surface area contributed by atoms with Gasteiger partial charge < -0.3 is 4.57 Å². The smallest absolute Gasteiger partial charge is 0.301 e. The Kier molecular flexibility index (Phi) is 3.54. The van der Waals surface area contributed by atoms with E-state index in [1.807, 2.05) is 12.1 Å². The van der Waals surface area contributed by atoms with Crippen LogP contribution in [0.15, 0.2) is 33.9 Å². The summed E-state index contributed by atoms with van der Waals surface area (Å²) in [5.41, 5.74) is 1.45. The standard InChI is InChI=1S/C14H12BrN3O2S/c1-8-5-13(19)18(14(20)17(8)2)9-3-4-12-10(6-9)11(7-15)16-21-12/h3-6H,7H2,1-2H3. The predicted molar refractivity (Wildman–Crippen MR) is 87.8 cm³/mol. The van der Waals surface area contributed by atoms with Gasteiger partial charge in [-0.2, -0.15) is 4.37 Å². The van der Waals surface area contributed by atoms with Gasteiger partial charge in [0.25, 0.3) is 5.56 Å². The Morgan fingerprint density at radius 1 is 1.29 bits per heavy atom. The third-order valence-corrected chi connectivity index (χ3v) is 4.87. The summed E-state index contributed by atoms with van der Waals surface area (Å²) in [6.07, 6.45) is 0. The lowest BCUT2D eigenvalue weighted by Gasteiger charge is -2.09. The monoisotopic (exact) mass is 365 g/mol. The molecule has 3 aromatic rings. The Morgan fingerprint density at radius 2 is 2.05 bits per heavy atom. The summed E-state index contributed by atoms with van der Waals surface area (Å²) in [6.45, 7) is 1.74. The molecule has 0 unspecified atom stereocenters. The number of benzene rings is 1. The molecule has 2 heterocycles. The average Bonchev–Trinajstić information content (AvgIpc) is 2.87. The van der Waals surface area contributed by atoms with Gasteiger partial charge in [0.2, 0.25) is 0 Å². The predicted octanol–water partition coefficient (Wildman–Crippen LogP) is 2.35. The largest absolute Gasteiger partial charge is 0.335 e. The van der Waals surface area contributed by atoms with Gasteiger partial charge in [0, 0.05) is 29.5 Å². The minimum atomic E-state index is -0.345. The third kappa shape index (κ3) is 2.26. The zero-order valence-electron chi connectivity index (χ0n) is 11.5. The Labute approximate surface area is 132 Å². The maximum Gasteiger partial charge on any atom is 0.335 e. The maximum atomic E-state index is 12.3. The van der Waals surface area contributed by atoms with Crippen molar-refractivity contribution in [1.82, 2.24) is 13.5 Å². The van der Waals surface area contributed by atoms with Crippen molar-refractivity contribution < 1.29 is 0 Å². The van der Waals surface area contributed by atoms with E-state index in [9.17, 15) is 9.59 Å². The van der Waals surface area contributed by atoms with Crippen molar-refractivity contribution in [2.24, 2.45) is 7.05 Å². The van der Waals surface area contributed by atoms with Crippen molar-refractivity contribution in [3.63, 3.8) is 0 Å². The quantitative estimate of drug-likeness (QED) is 0.655. The van der Waals surface area contributed by atoms with Crippen LogP contribution >= 0.6 is 27.5 Å². The van der Waals surface area contributed by atoms with Gasteiger partial charge in [-0.1, -0.05) is 15.9 Å². The van der Waals surface area contributed by atoms with Crippen LogP contribution in [0.25, 0.3) is 15.8 Å². The summed E-state index contributed by atoms with van der Waals surface area (Å²) >= 11 is 4.80. The fourth-order valence-corrected chi connectivity index (χ4v) is 3.55. The Morgan fingerprint density at radius 3 is 2.76 bits per heavy atom. The molecule has 0 aliphatic heterocycles. The van der Waals surface area contributed by atoms with Crippen LogP contribution in [0.5, 0.6) is 0 Å². The highest BCUT2D eigenvalue weighted by Crippen LogP contribution is 2.26. The molecule has 0 aliphatic rings. The summed E-state index contributed by atoms with van der Waals surface area (Å²) in [4.78, 5) is 24.5. The van der Waals surface area contributed by atoms with Crippen LogP contribution in [0, 0.1) is 6.92 Å². The van der Waals surface area contributed by atoms with Crippen LogP contribution in [0.4, 0.5) is 0 Å². The first-order valence-corrected chi connectivity index (χ1v) is 8.16. The Balaban J connectivity index is 2.33. The van der Waals surface area contributed by atoms with Crippen LogP contribution in [-0.2, 0) is 12.4 Å². The molecule has 0 fully saturated rings. The van der Waals surface area contributed by atoms with Gasteiger partial charge in [-0.25, -0.2) is 9.36 Å². The van der Waals surface area contributed by atoms with Gasteiger partial charge in [0.15, 0.2) is 0 Å². The molecule has 3 rings (SSSR count). The molecule has 0 saturated carbocycles. The van der Waals surface area contributed by atoms with E-state index >= 15 is 0 Å². The zero-order valence-corrected chi connectivity index (χ0v) is 13.9. The van der Waals surface area contributed by atoms with E-state index in [4.69, 9.17) is 0 Å². The summed E-state index contributed by atoms with van der Waals surface area (Å²) < 4.78 is 8.03. The number of aryl methyl sites for hydroxylation is 1. The molecule has 21 heavy (non-hydrogen) atoms. The molecule has 0 saturated heterocycles. The van der Waals surface area contributed by atoms with Crippen molar-refractivity contribution in [2.75, 3.05) is 0 Å². The van der Waals surface area contributed by atoms with Gasteiger partial charge in [0.05, 0.1) is 16.1 Å². The molecular formula is C14H12BrN3O2S. The van der Waals surface area contributed by atoms with E-state index in [1.165, 1.54) is 26.7 Å². The molecule has 0 radical (unpaired) electrons. The van der Waals surface area contributed by atoms with E-state index in [-0.39, 0.29) is 11.2 Å². The number of nitrogens with zero attached hydrogens (tertiary/aromatic N) is 3. The lowest BCUT2D eigenvalue weighted by Crippen LogP contribution is -2.38. The average molecular weight is 366 g/mol. The minimum Gasteiger partial charge on any atom is -0.301 e. The second-order valence-corrected chi connectivity index (χ2v) is 6.11. The van der Waals surface area contributed by atoms with Crippen molar-refractivity contribution in [3.05, 3.63) is 56.5 Å². The number of aromatic nitrogens is 3. The number of hydrogen-bond acceptors (Lipinski definition) is 4. The summed E-state index contributed by atoms with van der Waals surface area (Å²) in [7, 11) is 1.65. The molecule has 0 atom stereocenters. The van der Waals surface area contributed by atoms with Crippen molar-refractivity contribution in [2.45, 2.75) is 12.3 Å². The fourth-order valence-electron chi connectivity index (χ4n) is 2.18. The van der Waals surface area contributed by atoms with Crippen LogP contribution < -0.4 is 11.2 Å². The number of halogens is 1. The molecule has 1 aromatic carbocycles. The van der Waals surface area contributed by atoms with E-state index < -0.39 is 0 Å². The van der Waals surface area contributed by atoms with Gasteiger partial charge in [-0.15, -0.1) is 0 Å². The van der Waals surface area contributed by atoms with Gasteiger partial charge in [-0.3, -0.25) is 4.79 Å². The molecule has 108 valence electrons. The highest BCUT2D eigenvalue weighted by Gasteiger charge is 2.11. The van der Waals surface area contributed by atoms with Crippen LogP contribution in [0.1, 0.15) is 11.4 Å². The van der Waals surface area contributed by atoms with E-state index in [2.05, 4.69) is 20.3 Å². The molecule has 0 aliphatic carbocycles. The van der Waals surface area contributed by atoms with E-state index in [0.29, 0.717) is 16.7 Å². The highest BCUT2D eigenvalue weighted by atomic mass is 79.9. The lowest BCUT2D eigenvalue weighted by atomic mass is 10.2. The molecule has 0 bridgehead atoms. The SMILES string of the molecule is Cc1cc(=O)n(-c2ccc3snc(CBr)c3c2)c(=O)n1C. The molecule has 7 heteroatoms. The number of rotatable bonds is 2. The minimum absolute atomic E-state index is 0.321. The zero-order chi connectivity index (χ0) is 15.1. The molecule has 0 N–H and O–H groups in total. The first-order valence-electron chi connectivity index (χ1n) is 6.27.